The second kappa shape index (κ2) is 9.31. The summed E-state index contributed by atoms with van der Waals surface area (Å²) in [6, 6.07) is 19.4. The maximum absolute atomic E-state index is 12.5. The fourth-order valence-electron chi connectivity index (χ4n) is 3.62. The van der Waals surface area contributed by atoms with Crippen molar-refractivity contribution in [3.63, 3.8) is 0 Å². The Morgan fingerprint density at radius 3 is 2.30 bits per heavy atom. The summed E-state index contributed by atoms with van der Waals surface area (Å²) in [5.74, 6) is -0.192. The van der Waals surface area contributed by atoms with Crippen LogP contribution in [0.15, 0.2) is 60.7 Å². The van der Waals surface area contributed by atoms with Crippen molar-refractivity contribution >= 4 is 11.8 Å². The van der Waals surface area contributed by atoms with Gasteiger partial charge >= 0.3 is 0 Å². The Labute approximate surface area is 176 Å². The van der Waals surface area contributed by atoms with Gasteiger partial charge in [0.05, 0.1) is 5.56 Å². The number of amides is 2. The van der Waals surface area contributed by atoms with E-state index in [9.17, 15) is 9.59 Å². The van der Waals surface area contributed by atoms with Gasteiger partial charge < -0.3 is 9.30 Å². The zero-order chi connectivity index (χ0) is 21.7. The highest BCUT2D eigenvalue weighted by Crippen LogP contribution is 2.29. The first kappa shape index (κ1) is 21.2. The van der Waals surface area contributed by atoms with Crippen LogP contribution in [-0.4, -0.2) is 23.0 Å². The van der Waals surface area contributed by atoms with Crippen molar-refractivity contribution in [2.75, 3.05) is 6.61 Å². The number of aromatic nitrogens is 1. The van der Waals surface area contributed by atoms with Crippen molar-refractivity contribution in [2.45, 2.75) is 33.7 Å². The number of hydrogen-bond acceptors (Lipinski definition) is 3. The number of hydrogen-bond donors (Lipinski definition) is 2. The monoisotopic (exact) mass is 405 g/mol. The Morgan fingerprint density at radius 2 is 1.63 bits per heavy atom. The molecule has 6 heteroatoms. The van der Waals surface area contributed by atoms with Crippen LogP contribution in [-0.2, 0) is 4.79 Å². The van der Waals surface area contributed by atoms with E-state index in [-0.39, 0.29) is 18.6 Å². The van der Waals surface area contributed by atoms with Crippen LogP contribution in [0, 0.1) is 13.8 Å². The van der Waals surface area contributed by atoms with Crippen LogP contribution in [0.3, 0.4) is 0 Å². The van der Waals surface area contributed by atoms with Gasteiger partial charge in [0.25, 0.3) is 11.8 Å². The molecule has 0 aliphatic heterocycles. The molecule has 0 unspecified atom stereocenters. The van der Waals surface area contributed by atoms with Crippen molar-refractivity contribution in [1.82, 2.24) is 15.4 Å². The van der Waals surface area contributed by atoms with Gasteiger partial charge in [0.15, 0.2) is 6.61 Å². The van der Waals surface area contributed by atoms with Gasteiger partial charge in [-0.15, -0.1) is 0 Å². The van der Waals surface area contributed by atoms with Crippen molar-refractivity contribution < 1.29 is 14.3 Å². The van der Waals surface area contributed by atoms with E-state index in [0.717, 1.165) is 22.5 Å². The molecule has 0 aliphatic rings. The number of hydrazine groups is 1. The Kier molecular flexibility index (Phi) is 6.57. The maximum atomic E-state index is 12.5. The van der Waals surface area contributed by atoms with E-state index in [1.807, 2.05) is 74.5 Å². The molecule has 0 spiro atoms. The van der Waals surface area contributed by atoms with E-state index >= 15 is 0 Å². The lowest BCUT2D eigenvalue weighted by Crippen LogP contribution is -2.44. The molecule has 2 N–H and O–H groups in total. The van der Waals surface area contributed by atoms with E-state index in [4.69, 9.17) is 4.74 Å². The molecule has 0 aliphatic carbocycles. The molecule has 0 saturated carbocycles. The van der Waals surface area contributed by atoms with Crippen LogP contribution in [0.2, 0.25) is 0 Å². The summed E-state index contributed by atoms with van der Waals surface area (Å²) in [6.07, 6.45) is 0. The molecule has 6 nitrogen and oxygen atoms in total. The van der Waals surface area contributed by atoms with Crippen LogP contribution < -0.4 is 15.6 Å². The molecule has 3 aromatic rings. The standard InChI is InChI=1S/C24H27N3O3/c1-16(2)27-17(3)14-21(18(27)4)24(29)26-25-23(28)15-30-22-13-9-8-12-20(22)19-10-6-5-7-11-19/h5-14,16H,15H2,1-4H3,(H,25,28)(H,26,29). The number of aryl methyl sites for hydroxylation is 1. The average molecular weight is 405 g/mol. The number of carbonyl (C=O) groups is 2. The summed E-state index contributed by atoms with van der Waals surface area (Å²) in [5.41, 5.74) is 9.20. The van der Waals surface area contributed by atoms with Gasteiger partial charge in [-0.3, -0.25) is 20.4 Å². The minimum Gasteiger partial charge on any atom is -0.483 e. The Hall–Kier alpha value is -3.54. The summed E-state index contributed by atoms with van der Waals surface area (Å²) < 4.78 is 7.79. The zero-order valence-electron chi connectivity index (χ0n) is 17.7. The summed E-state index contributed by atoms with van der Waals surface area (Å²) in [6.45, 7) is 7.77. The second-order valence-corrected chi connectivity index (χ2v) is 7.40. The van der Waals surface area contributed by atoms with E-state index in [1.54, 1.807) is 0 Å². The molecular weight excluding hydrogens is 378 g/mol. The average Bonchev–Trinajstić information content (AvgIpc) is 3.05. The van der Waals surface area contributed by atoms with Crippen LogP contribution in [0.25, 0.3) is 11.1 Å². The number of nitrogens with zero attached hydrogens (tertiary/aromatic N) is 1. The van der Waals surface area contributed by atoms with Crippen molar-refractivity contribution in [1.29, 1.82) is 0 Å². The van der Waals surface area contributed by atoms with E-state index < -0.39 is 5.91 Å². The molecule has 156 valence electrons. The Bertz CT molecular complexity index is 1040. The molecule has 0 fully saturated rings. The summed E-state index contributed by atoms with van der Waals surface area (Å²) in [4.78, 5) is 24.7. The first-order valence-corrected chi connectivity index (χ1v) is 9.93. The Balaban J connectivity index is 1.59. The molecule has 0 bridgehead atoms. The van der Waals surface area contributed by atoms with Crippen LogP contribution in [0.1, 0.15) is 41.6 Å². The summed E-state index contributed by atoms with van der Waals surface area (Å²) in [5, 5.41) is 0. The number of carbonyl (C=O) groups excluding carboxylic acids is 2. The number of benzene rings is 2. The zero-order valence-corrected chi connectivity index (χ0v) is 17.7. The molecular formula is C24H27N3O3. The van der Waals surface area contributed by atoms with Crippen molar-refractivity contribution in [2.24, 2.45) is 0 Å². The lowest BCUT2D eigenvalue weighted by molar-refractivity contribution is -0.123. The number of nitrogens with one attached hydrogen (secondary N) is 2. The molecule has 1 heterocycles. The first-order chi connectivity index (χ1) is 14.4. The molecule has 30 heavy (non-hydrogen) atoms. The van der Waals surface area contributed by atoms with Gasteiger partial charge in [-0.05, 0) is 45.4 Å². The summed E-state index contributed by atoms with van der Waals surface area (Å²) in [7, 11) is 0. The molecule has 0 radical (unpaired) electrons. The predicted molar refractivity (Wildman–Crippen MR) is 117 cm³/mol. The van der Waals surface area contributed by atoms with Gasteiger partial charge in [0.1, 0.15) is 5.75 Å². The summed E-state index contributed by atoms with van der Waals surface area (Å²) >= 11 is 0. The van der Waals surface area contributed by atoms with Crippen LogP contribution in [0.4, 0.5) is 0 Å². The topological polar surface area (TPSA) is 72.4 Å². The SMILES string of the molecule is Cc1cc(C(=O)NNC(=O)COc2ccccc2-c2ccccc2)c(C)n1C(C)C. The lowest BCUT2D eigenvalue weighted by atomic mass is 10.1. The van der Waals surface area contributed by atoms with E-state index in [1.165, 1.54) is 0 Å². The van der Waals surface area contributed by atoms with Crippen LogP contribution >= 0.6 is 0 Å². The molecule has 0 atom stereocenters. The minimum absolute atomic E-state index is 0.213. The molecule has 3 rings (SSSR count). The van der Waals surface area contributed by atoms with Gasteiger partial charge in [-0.1, -0.05) is 48.5 Å². The van der Waals surface area contributed by atoms with Gasteiger partial charge in [0, 0.05) is 23.0 Å². The van der Waals surface area contributed by atoms with Crippen molar-refractivity contribution in [3.05, 3.63) is 77.6 Å². The smallest absolute Gasteiger partial charge is 0.276 e. The minimum atomic E-state index is -0.441. The highest BCUT2D eigenvalue weighted by atomic mass is 16.5. The highest BCUT2D eigenvalue weighted by Gasteiger charge is 2.17. The van der Waals surface area contributed by atoms with Gasteiger partial charge in [-0.2, -0.15) is 0 Å². The fraction of sp³-hybridized carbons (Fsp3) is 0.250. The lowest BCUT2D eigenvalue weighted by Gasteiger charge is -2.14. The van der Waals surface area contributed by atoms with E-state index in [0.29, 0.717) is 11.3 Å². The molecule has 1 aromatic heterocycles. The molecule has 2 amide bonds. The second-order valence-electron chi connectivity index (χ2n) is 7.40. The van der Waals surface area contributed by atoms with Crippen LogP contribution in [0.5, 0.6) is 5.75 Å². The molecule has 0 saturated heterocycles. The van der Waals surface area contributed by atoms with Gasteiger partial charge in [0.2, 0.25) is 0 Å². The Morgan fingerprint density at radius 1 is 0.967 bits per heavy atom. The maximum Gasteiger partial charge on any atom is 0.276 e. The first-order valence-electron chi connectivity index (χ1n) is 9.93. The molecule has 2 aromatic carbocycles. The third-order valence-corrected chi connectivity index (χ3v) is 4.89. The predicted octanol–water partition coefficient (Wildman–Crippen LogP) is 4.19. The normalized spacial score (nSPS) is 10.7. The van der Waals surface area contributed by atoms with Gasteiger partial charge in [-0.25, -0.2) is 0 Å². The largest absolute Gasteiger partial charge is 0.483 e. The quantitative estimate of drug-likeness (QED) is 0.604. The number of ether oxygens (including phenoxy) is 1. The third kappa shape index (κ3) is 4.71. The number of para-hydroxylation sites is 1. The van der Waals surface area contributed by atoms with E-state index in [2.05, 4.69) is 29.3 Å². The number of rotatable bonds is 6. The highest BCUT2D eigenvalue weighted by molar-refractivity contribution is 5.96. The third-order valence-electron chi connectivity index (χ3n) is 4.89. The fourth-order valence-corrected chi connectivity index (χ4v) is 3.62. The van der Waals surface area contributed by atoms with Crippen molar-refractivity contribution in [3.8, 4) is 16.9 Å².